The van der Waals surface area contributed by atoms with Gasteiger partial charge in [-0.05, 0) is 37.3 Å². The molecule has 18 heavy (non-hydrogen) atoms. The van der Waals surface area contributed by atoms with Crippen molar-refractivity contribution in [1.29, 1.82) is 0 Å². The van der Waals surface area contributed by atoms with E-state index in [9.17, 15) is 4.79 Å². The summed E-state index contributed by atoms with van der Waals surface area (Å²) in [6.07, 6.45) is 0. The minimum atomic E-state index is -0.312. The fourth-order valence-corrected chi connectivity index (χ4v) is 1.66. The summed E-state index contributed by atoms with van der Waals surface area (Å²) in [4.78, 5) is 16.1. The molecule has 2 aromatic rings. The van der Waals surface area contributed by atoms with Crippen molar-refractivity contribution in [2.45, 2.75) is 6.92 Å². The van der Waals surface area contributed by atoms with Crippen LogP contribution in [0.3, 0.4) is 0 Å². The van der Waals surface area contributed by atoms with Crippen molar-refractivity contribution < 1.29 is 4.79 Å². The van der Waals surface area contributed by atoms with Gasteiger partial charge in [0, 0.05) is 10.7 Å². The summed E-state index contributed by atoms with van der Waals surface area (Å²) in [7, 11) is 0. The maximum Gasteiger partial charge on any atom is 0.274 e. The summed E-state index contributed by atoms with van der Waals surface area (Å²) < 4.78 is 0. The molecular formula is C13H12ClN3O. The number of aryl methyl sites for hydroxylation is 1. The Kier molecular flexibility index (Phi) is 3.48. The smallest absolute Gasteiger partial charge is 0.274 e. The number of nitrogens with zero attached hydrogens (tertiary/aromatic N) is 1. The van der Waals surface area contributed by atoms with Crippen LogP contribution < -0.4 is 11.1 Å². The van der Waals surface area contributed by atoms with E-state index in [1.807, 2.05) is 13.0 Å². The molecule has 0 unspecified atom stereocenters. The highest BCUT2D eigenvalue weighted by atomic mass is 35.5. The second-order valence-electron chi connectivity index (χ2n) is 3.85. The van der Waals surface area contributed by atoms with Gasteiger partial charge in [-0.3, -0.25) is 4.79 Å². The van der Waals surface area contributed by atoms with E-state index in [0.717, 1.165) is 5.69 Å². The molecule has 0 aliphatic carbocycles. The fourth-order valence-electron chi connectivity index (χ4n) is 1.49. The topological polar surface area (TPSA) is 68.0 Å². The molecule has 3 N–H and O–H groups in total. The average Bonchev–Trinajstić information content (AvgIpc) is 2.34. The van der Waals surface area contributed by atoms with Crippen molar-refractivity contribution in [2.24, 2.45) is 0 Å². The predicted octanol–water partition coefficient (Wildman–Crippen LogP) is 2.88. The number of halogens is 1. The van der Waals surface area contributed by atoms with Crippen LogP contribution in [0.1, 0.15) is 16.2 Å². The Morgan fingerprint density at radius 3 is 2.83 bits per heavy atom. The van der Waals surface area contributed by atoms with Crippen LogP contribution in [0.2, 0.25) is 5.02 Å². The summed E-state index contributed by atoms with van der Waals surface area (Å²) in [6, 6.07) is 10.1. The van der Waals surface area contributed by atoms with Gasteiger partial charge in [-0.1, -0.05) is 17.7 Å². The van der Waals surface area contributed by atoms with Crippen molar-refractivity contribution in [2.75, 3.05) is 11.1 Å². The predicted molar refractivity (Wildman–Crippen MR) is 72.8 cm³/mol. The quantitative estimate of drug-likeness (QED) is 0.817. The van der Waals surface area contributed by atoms with Gasteiger partial charge in [0.05, 0.1) is 11.4 Å². The molecule has 0 fully saturated rings. The number of rotatable bonds is 2. The number of hydrogen-bond donors (Lipinski definition) is 2. The van der Waals surface area contributed by atoms with E-state index in [1.165, 1.54) is 0 Å². The van der Waals surface area contributed by atoms with Gasteiger partial charge in [0.15, 0.2) is 0 Å². The lowest BCUT2D eigenvalue weighted by molar-refractivity contribution is 0.102. The Morgan fingerprint density at radius 2 is 2.11 bits per heavy atom. The van der Waals surface area contributed by atoms with Gasteiger partial charge < -0.3 is 11.1 Å². The SMILES string of the molecule is Cc1cccc(C(=O)Nc2cc(Cl)ccc2N)n1. The normalized spacial score (nSPS) is 10.1. The maximum absolute atomic E-state index is 12.0. The van der Waals surface area contributed by atoms with Crippen LogP contribution in [0.25, 0.3) is 0 Å². The summed E-state index contributed by atoms with van der Waals surface area (Å²) in [5.74, 6) is -0.312. The molecule has 0 saturated carbocycles. The number of carbonyl (C=O) groups excluding carboxylic acids is 1. The Balaban J connectivity index is 2.24. The standard InChI is InChI=1S/C13H12ClN3O/c1-8-3-2-4-11(16-8)13(18)17-12-7-9(14)5-6-10(12)15/h2-7H,15H2,1H3,(H,17,18). The Labute approximate surface area is 110 Å². The average molecular weight is 262 g/mol. The molecule has 2 rings (SSSR count). The van der Waals surface area contributed by atoms with Crippen molar-refractivity contribution in [3.8, 4) is 0 Å². The lowest BCUT2D eigenvalue weighted by atomic mass is 10.2. The minimum absolute atomic E-state index is 0.312. The molecular weight excluding hydrogens is 250 g/mol. The van der Waals surface area contributed by atoms with Gasteiger partial charge >= 0.3 is 0 Å². The first-order valence-corrected chi connectivity index (χ1v) is 5.74. The Hall–Kier alpha value is -2.07. The van der Waals surface area contributed by atoms with Gasteiger partial charge in [-0.2, -0.15) is 0 Å². The third-order valence-electron chi connectivity index (χ3n) is 2.38. The first-order chi connectivity index (χ1) is 8.56. The first-order valence-electron chi connectivity index (χ1n) is 5.36. The molecule has 0 radical (unpaired) electrons. The molecule has 0 atom stereocenters. The van der Waals surface area contributed by atoms with E-state index in [4.69, 9.17) is 17.3 Å². The lowest BCUT2D eigenvalue weighted by Gasteiger charge is -2.08. The zero-order valence-electron chi connectivity index (χ0n) is 9.77. The van der Waals surface area contributed by atoms with Crippen molar-refractivity contribution >= 4 is 28.9 Å². The number of aromatic nitrogens is 1. The second-order valence-corrected chi connectivity index (χ2v) is 4.29. The maximum atomic E-state index is 12.0. The molecule has 1 aromatic heterocycles. The third-order valence-corrected chi connectivity index (χ3v) is 2.62. The summed E-state index contributed by atoms with van der Waals surface area (Å²) in [5.41, 5.74) is 7.81. The molecule has 1 amide bonds. The van der Waals surface area contributed by atoms with E-state index in [2.05, 4.69) is 10.3 Å². The first kappa shape index (κ1) is 12.4. The van der Waals surface area contributed by atoms with E-state index >= 15 is 0 Å². The molecule has 0 saturated heterocycles. The molecule has 5 heteroatoms. The zero-order chi connectivity index (χ0) is 13.1. The number of nitrogens with one attached hydrogen (secondary N) is 1. The molecule has 92 valence electrons. The highest BCUT2D eigenvalue weighted by molar-refractivity contribution is 6.31. The highest BCUT2D eigenvalue weighted by Gasteiger charge is 2.09. The Morgan fingerprint density at radius 1 is 1.33 bits per heavy atom. The number of hydrogen-bond acceptors (Lipinski definition) is 3. The highest BCUT2D eigenvalue weighted by Crippen LogP contribution is 2.23. The van der Waals surface area contributed by atoms with Gasteiger partial charge in [0.2, 0.25) is 0 Å². The summed E-state index contributed by atoms with van der Waals surface area (Å²) in [5, 5.41) is 3.19. The number of carbonyl (C=O) groups is 1. The van der Waals surface area contributed by atoms with Gasteiger partial charge in [-0.25, -0.2) is 4.98 Å². The molecule has 0 bridgehead atoms. The van der Waals surface area contributed by atoms with Crippen LogP contribution in [0.15, 0.2) is 36.4 Å². The molecule has 0 aliphatic heterocycles. The van der Waals surface area contributed by atoms with Gasteiger partial charge in [0.1, 0.15) is 5.69 Å². The van der Waals surface area contributed by atoms with Crippen LogP contribution in [0, 0.1) is 6.92 Å². The minimum Gasteiger partial charge on any atom is -0.397 e. The van der Waals surface area contributed by atoms with Crippen LogP contribution in [-0.2, 0) is 0 Å². The number of anilines is 2. The van der Waals surface area contributed by atoms with Gasteiger partial charge in [0.25, 0.3) is 5.91 Å². The molecule has 1 aromatic carbocycles. The molecule has 1 heterocycles. The zero-order valence-corrected chi connectivity index (χ0v) is 10.5. The summed E-state index contributed by atoms with van der Waals surface area (Å²) in [6.45, 7) is 1.82. The Bertz CT molecular complexity index is 599. The second kappa shape index (κ2) is 5.06. The van der Waals surface area contributed by atoms with Crippen LogP contribution >= 0.6 is 11.6 Å². The molecule has 4 nitrogen and oxygen atoms in total. The van der Waals surface area contributed by atoms with Crippen molar-refractivity contribution in [3.05, 3.63) is 52.8 Å². The van der Waals surface area contributed by atoms with Crippen LogP contribution in [-0.4, -0.2) is 10.9 Å². The van der Waals surface area contributed by atoms with Crippen molar-refractivity contribution in [1.82, 2.24) is 4.98 Å². The lowest BCUT2D eigenvalue weighted by Crippen LogP contribution is -2.15. The number of amides is 1. The molecule has 0 aliphatic rings. The fraction of sp³-hybridized carbons (Fsp3) is 0.0769. The van der Waals surface area contributed by atoms with E-state index in [-0.39, 0.29) is 5.91 Å². The van der Waals surface area contributed by atoms with E-state index in [0.29, 0.717) is 22.1 Å². The number of nitrogens with two attached hydrogens (primary N) is 1. The number of benzene rings is 1. The number of nitrogen functional groups attached to an aromatic ring is 1. The van der Waals surface area contributed by atoms with Gasteiger partial charge in [-0.15, -0.1) is 0 Å². The van der Waals surface area contributed by atoms with Crippen LogP contribution in [0.4, 0.5) is 11.4 Å². The summed E-state index contributed by atoms with van der Waals surface area (Å²) >= 11 is 5.85. The van der Waals surface area contributed by atoms with Crippen molar-refractivity contribution in [3.63, 3.8) is 0 Å². The third kappa shape index (κ3) is 2.78. The van der Waals surface area contributed by atoms with E-state index < -0.39 is 0 Å². The monoisotopic (exact) mass is 261 g/mol. The van der Waals surface area contributed by atoms with Crippen LogP contribution in [0.5, 0.6) is 0 Å². The largest absolute Gasteiger partial charge is 0.397 e. The number of pyridine rings is 1. The van der Waals surface area contributed by atoms with E-state index in [1.54, 1.807) is 30.3 Å². The molecule has 0 spiro atoms.